The molecule has 2 N–H and O–H groups in total. The third kappa shape index (κ3) is 5.06. The number of hydrogen-bond acceptors (Lipinski definition) is 4. The highest BCUT2D eigenvalue weighted by atomic mass is 35.5. The Morgan fingerprint density at radius 1 is 1.12 bits per heavy atom. The van der Waals surface area contributed by atoms with Crippen LogP contribution in [0.15, 0.2) is 48.5 Å². The van der Waals surface area contributed by atoms with E-state index in [2.05, 4.69) is 10.6 Å². The molecule has 0 heterocycles. The van der Waals surface area contributed by atoms with Gasteiger partial charge in [-0.25, -0.2) is 0 Å². The van der Waals surface area contributed by atoms with E-state index in [9.17, 15) is 19.7 Å². The fourth-order valence-electron chi connectivity index (χ4n) is 1.91. The van der Waals surface area contributed by atoms with Crippen LogP contribution in [0.5, 0.6) is 0 Å². The number of carbonyl (C=O) groups is 2. The molecular weight excluding hydrogens is 334 g/mol. The number of rotatable bonds is 6. The summed E-state index contributed by atoms with van der Waals surface area (Å²) in [6.45, 7) is 0.141. The van der Waals surface area contributed by atoms with Gasteiger partial charge in [0.15, 0.2) is 0 Å². The van der Waals surface area contributed by atoms with E-state index in [1.165, 1.54) is 18.2 Å². The molecule has 0 bridgehead atoms. The Balaban J connectivity index is 1.81. The first-order valence-electron chi connectivity index (χ1n) is 7.04. The zero-order chi connectivity index (χ0) is 17.5. The minimum Gasteiger partial charge on any atom is -0.352 e. The van der Waals surface area contributed by atoms with Crippen molar-refractivity contribution in [1.82, 2.24) is 5.32 Å². The first-order chi connectivity index (χ1) is 11.5. The smallest absolute Gasteiger partial charge is 0.271 e. The van der Waals surface area contributed by atoms with Gasteiger partial charge < -0.3 is 10.6 Å². The second kappa shape index (κ2) is 8.07. The molecule has 0 fully saturated rings. The van der Waals surface area contributed by atoms with Gasteiger partial charge in [-0.3, -0.25) is 19.7 Å². The molecule has 2 aromatic carbocycles. The van der Waals surface area contributed by atoms with Gasteiger partial charge in [0.2, 0.25) is 5.91 Å². The minimum atomic E-state index is -0.540. The largest absolute Gasteiger partial charge is 0.352 e. The zero-order valence-corrected chi connectivity index (χ0v) is 13.2. The van der Waals surface area contributed by atoms with Crippen LogP contribution in [0.1, 0.15) is 16.8 Å². The fourth-order valence-corrected chi connectivity index (χ4v) is 2.04. The summed E-state index contributed by atoms with van der Waals surface area (Å²) in [5.74, 6) is -0.665. The minimum absolute atomic E-state index is 0.0437. The molecule has 7 nitrogen and oxygen atoms in total. The van der Waals surface area contributed by atoms with Gasteiger partial charge in [-0.05, 0) is 30.3 Å². The van der Waals surface area contributed by atoms with Gasteiger partial charge in [-0.2, -0.15) is 0 Å². The molecule has 0 aromatic heterocycles. The van der Waals surface area contributed by atoms with E-state index >= 15 is 0 Å². The maximum atomic E-state index is 11.9. The van der Waals surface area contributed by atoms with Gasteiger partial charge in [-0.15, -0.1) is 0 Å². The molecule has 24 heavy (non-hydrogen) atoms. The van der Waals surface area contributed by atoms with Crippen LogP contribution in [0, 0.1) is 10.1 Å². The summed E-state index contributed by atoms with van der Waals surface area (Å²) in [6, 6.07) is 12.0. The third-order valence-corrected chi connectivity index (χ3v) is 3.34. The number of halogens is 1. The van der Waals surface area contributed by atoms with E-state index in [0.29, 0.717) is 16.3 Å². The highest BCUT2D eigenvalue weighted by Gasteiger charge is 2.09. The molecule has 0 atom stereocenters. The van der Waals surface area contributed by atoms with Crippen LogP contribution in [0.2, 0.25) is 5.02 Å². The van der Waals surface area contributed by atoms with Crippen molar-refractivity contribution in [1.29, 1.82) is 0 Å². The lowest BCUT2D eigenvalue weighted by atomic mass is 10.2. The number of nitro benzene ring substituents is 1. The molecule has 2 aromatic rings. The Morgan fingerprint density at radius 2 is 1.83 bits per heavy atom. The maximum absolute atomic E-state index is 11.9. The molecule has 0 saturated heterocycles. The second-order valence-electron chi connectivity index (χ2n) is 4.87. The van der Waals surface area contributed by atoms with Gasteiger partial charge in [0, 0.05) is 41.4 Å². The first-order valence-corrected chi connectivity index (χ1v) is 7.41. The highest BCUT2D eigenvalue weighted by molar-refractivity contribution is 6.30. The summed E-state index contributed by atoms with van der Waals surface area (Å²) in [5.41, 5.74) is 0.667. The number of amides is 2. The number of hydrogen-bond donors (Lipinski definition) is 2. The Kier molecular flexibility index (Phi) is 5.86. The zero-order valence-electron chi connectivity index (χ0n) is 12.5. The highest BCUT2D eigenvalue weighted by Crippen LogP contribution is 2.17. The van der Waals surface area contributed by atoms with E-state index in [-0.39, 0.29) is 30.5 Å². The monoisotopic (exact) mass is 347 g/mol. The molecule has 0 saturated carbocycles. The van der Waals surface area contributed by atoms with E-state index < -0.39 is 4.92 Å². The van der Waals surface area contributed by atoms with E-state index in [1.54, 1.807) is 30.3 Å². The molecular formula is C16H14ClN3O4. The second-order valence-corrected chi connectivity index (χ2v) is 5.30. The van der Waals surface area contributed by atoms with Crippen LogP contribution in [-0.2, 0) is 4.79 Å². The average molecular weight is 348 g/mol. The van der Waals surface area contributed by atoms with Gasteiger partial charge in [0.05, 0.1) is 4.92 Å². The van der Waals surface area contributed by atoms with Gasteiger partial charge in [-0.1, -0.05) is 17.7 Å². The predicted octanol–water partition coefficient (Wildman–Crippen LogP) is 3.01. The molecule has 2 amide bonds. The first kappa shape index (κ1) is 17.4. The third-order valence-electron chi connectivity index (χ3n) is 3.08. The van der Waals surface area contributed by atoms with E-state index in [1.807, 2.05) is 0 Å². The lowest BCUT2D eigenvalue weighted by Gasteiger charge is -2.07. The molecule has 0 radical (unpaired) electrons. The molecule has 124 valence electrons. The van der Waals surface area contributed by atoms with Crippen LogP contribution in [-0.4, -0.2) is 23.3 Å². The van der Waals surface area contributed by atoms with Crippen molar-refractivity contribution in [3.8, 4) is 0 Å². The van der Waals surface area contributed by atoms with Crippen LogP contribution in [0.4, 0.5) is 11.4 Å². The molecule has 0 aliphatic rings. The Bertz CT molecular complexity index is 762. The summed E-state index contributed by atoms with van der Waals surface area (Å²) >= 11 is 5.74. The molecule has 0 unspecified atom stereocenters. The Hall–Kier alpha value is -2.93. The number of nitrogens with zero attached hydrogens (tertiary/aromatic N) is 1. The van der Waals surface area contributed by atoms with Crippen LogP contribution >= 0.6 is 11.6 Å². The maximum Gasteiger partial charge on any atom is 0.271 e. The van der Waals surface area contributed by atoms with Crippen molar-refractivity contribution in [2.24, 2.45) is 0 Å². The topological polar surface area (TPSA) is 101 Å². The number of non-ortho nitro benzene ring substituents is 1. The lowest BCUT2D eigenvalue weighted by molar-refractivity contribution is -0.384. The number of nitrogens with one attached hydrogen (secondary N) is 2. The molecule has 2 rings (SSSR count). The number of nitro groups is 1. The quantitative estimate of drug-likeness (QED) is 0.619. The fraction of sp³-hybridized carbons (Fsp3) is 0.125. The molecule has 0 aliphatic heterocycles. The summed E-state index contributed by atoms with van der Waals surface area (Å²) in [6.07, 6.45) is 0.0437. The van der Waals surface area contributed by atoms with Crippen molar-refractivity contribution in [2.75, 3.05) is 11.9 Å². The Morgan fingerprint density at radius 3 is 2.50 bits per heavy atom. The molecule has 0 spiro atoms. The van der Waals surface area contributed by atoms with Gasteiger partial charge in [0.1, 0.15) is 0 Å². The Labute approximate surface area is 142 Å². The average Bonchev–Trinajstić information content (AvgIpc) is 2.55. The van der Waals surface area contributed by atoms with E-state index in [4.69, 9.17) is 11.6 Å². The number of benzene rings is 2. The normalized spacial score (nSPS) is 10.0. The lowest BCUT2D eigenvalue weighted by Crippen LogP contribution is -2.27. The summed E-state index contributed by atoms with van der Waals surface area (Å²) in [5, 5.41) is 16.4. The molecule has 8 heteroatoms. The van der Waals surface area contributed by atoms with Gasteiger partial charge >= 0.3 is 0 Å². The number of carbonyl (C=O) groups excluding carboxylic acids is 2. The summed E-state index contributed by atoms with van der Waals surface area (Å²) in [4.78, 5) is 33.8. The SMILES string of the molecule is O=C(CCNC(=O)c1ccc(Cl)cc1)Nc1cccc([N+](=O)[O-])c1. The summed E-state index contributed by atoms with van der Waals surface area (Å²) < 4.78 is 0. The van der Waals surface area contributed by atoms with Crippen molar-refractivity contribution >= 4 is 34.8 Å². The van der Waals surface area contributed by atoms with Crippen LogP contribution in [0.25, 0.3) is 0 Å². The van der Waals surface area contributed by atoms with Crippen molar-refractivity contribution < 1.29 is 14.5 Å². The van der Waals surface area contributed by atoms with Crippen molar-refractivity contribution in [2.45, 2.75) is 6.42 Å². The van der Waals surface area contributed by atoms with Crippen LogP contribution < -0.4 is 10.6 Å². The molecule has 0 aliphatic carbocycles. The van der Waals surface area contributed by atoms with Gasteiger partial charge in [0.25, 0.3) is 11.6 Å². The van der Waals surface area contributed by atoms with Crippen LogP contribution in [0.3, 0.4) is 0 Å². The van der Waals surface area contributed by atoms with Crippen molar-refractivity contribution in [3.63, 3.8) is 0 Å². The summed E-state index contributed by atoms with van der Waals surface area (Å²) in [7, 11) is 0. The predicted molar refractivity (Wildman–Crippen MR) is 90.1 cm³/mol. The van der Waals surface area contributed by atoms with E-state index in [0.717, 1.165) is 0 Å². The number of anilines is 1. The van der Waals surface area contributed by atoms with Crippen molar-refractivity contribution in [3.05, 3.63) is 69.2 Å². The standard InChI is InChI=1S/C16H14ClN3O4/c17-12-6-4-11(5-7-12)16(22)18-9-8-15(21)19-13-2-1-3-14(10-13)20(23)24/h1-7,10H,8-9H2,(H,18,22)(H,19,21).